The maximum atomic E-state index is 3.91. The lowest BCUT2D eigenvalue weighted by Crippen LogP contribution is -2.07. The largest absolute Gasteiger partial charge is 0.103 e. The van der Waals surface area contributed by atoms with Crippen LogP contribution in [-0.2, 0) is 0 Å². The molecule has 112 valence electrons. The maximum Gasteiger partial charge on any atom is -0.0121 e. The second-order valence-electron chi connectivity index (χ2n) is 6.28. The van der Waals surface area contributed by atoms with Gasteiger partial charge in [-0.2, -0.15) is 0 Å². The van der Waals surface area contributed by atoms with E-state index in [1.54, 1.807) is 5.57 Å². The summed E-state index contributed by atoms with van der Waals surface area (Å²) >= 11 is 0. The molecule has 0 saturated carbocycles. The van der Waals surface area contributed by atoms with E-state index in [0.717, 1.165) is 6.42 Å². The summed E-state index contributed by atoms with van der Waals surface area (Å²) in [5.74, 6) is 1.33. The molecule has 0 nitrogen and oxygen atoms in total. The summed E-state index contributed by atoms with van der Waals surface area (Å²) in [4.78, 5) is 0. The molecule has 22 heavy (non-hydrogen) atoms. The predicted molar refractivity (Wildman–Crippen MR) is 96.4 cm³/mol. The highest BCUT2D eigenvalue weighted by Gasteiger charge is 2.32. The summed E-state index contributed by atoms with van der Waals surface area (Å²) in [7, 11) is 0. The standard InChI is InChI=1S/C22H24/c1-3-4-15-20-17(2)16-21(18-11-7-5-8-12-18)22(20)19-13-9-6-10-14-19/h3,5-14,17,20H,1,4,15-16H2,2H3/t17-,20-/m1/s1. The topological polar surface area (TPSA) is 0 Å². The van der Waals surface area contributed by atoms with Crippen LogP contribution in [0.2, 0.25) is 0 Å². The molecular weight excluding hydrogens is 264 g/mol. The van der Waals surface area contributed by atoms with E-state index < -0.39 is 0 Å². The van der Waals surface area contributed by atoms with E-state index in [0.29, 0.717) is 11.8 Å². The van der Waals surface area contributed by atoms with Gasteiger partial charge in [0.25, 0.3) is 0 Å². The summed E-state index contributed by atoms with van der Waals surface area (Å²) < 4.78 is 0. The van der Waals surface area contributed by atoms with Crippen molar-refractivity contribution in [3.63, 3.8) is 0 Å². The van der Waals surface area contributed by atoms with Gasteiger partial charge in [-0.1, -0.05) is 73.7 Å². The summed E-state index contributed by atoms with van der Waals surface area (Å²) in [5.41, 5.74) is 5.86. The molecule has 3 rings (SSSR count). The Morgan fingerprint density at radius 2 is 1.55 bits per heavy atom. The van der Waals surface area contributed by atoms with Crippen LogP contribution >= 0.6 is 0 Å². The molecule has 0 fully saturated rings. The maximum absolute atomic E-state index is 3.91. The first-order chi connectivity index (χ1) is 10.8. The van der Waals surface area contributed by atoms with E-state index in [2.05, 4.69) is 80.2 Å². The van der Waals surface area contributed by atoms with Crippen molar-refractivity contribution >= 4 is 11.1 Å². The first-order valence-electron chi connectivity index (χ1n) is 8.26. The number of allylic oxidation sites excluding steroid dienone is 3. The summed E-state index contributed by atoms with van der Waals surface area (Å²) in [6, 6.07) is 21.8. The van der Waals surface area contributed by atoms with Crippen molar-refractivity contribution in [2.45, 2.75) is 26.2 Å². The molecule has 0 aromatic heterocycles. The van der Waals surface area contributed by atoms with Crippen molar-refractivity contribution in [1.82, 2.24) is 0 Å². The minimum atomic E-state index is 0.635. The lowest BCUT2D eigenvalue weighted by Gasteiger charge is -2.19. The fourth-order valence-electron chi connectivity index (χ4n) is 3.73. The number of rotatable bonds is 5. The third-order valence-electron chi connectivity index (χ3n) is 4.80. The Morgan fingerprint density at radius 1 is 0.955 bits per heavy atom. The zero-order valence-electron chi connectivity index (χ0n) is 13.3. The van der Waals surface area contributed by atoms with E-state index in [9.17, 15) is 0 Å². The summed E-state index contributed by atoms with van der Waals surface area (Å²) in [6.07, 6.45) is 5.52. The van der Waals surface area contributed by atoms with Crippen LogP contribution in [0.25, 0.3) is 11.1 Å². The van der Waals surface area contributed by atoms with Gasteiger partial charge in [-0.3, -0.25) is 0 Å². The van der Waals surface area contributed by atoms with Crippen LogP contribution in [0.5, 0.6) is 0 Å². The van der Waals surface area contributed by atoms with Crippen LogP contribution in [0, 0.1) is 11.8 Å². The molecular formula is C22H24. The van der Waals surface area contributed by atoms with Gasteiger partial charge in [-0.05, 0) is 53.4 Å². The van der Waals surface area contributed by atoms with E-state index >= 15 is 0 Å². The fourth-order valence-corrected chi connectivity index (χ4v) is 3.73. The average Bonchev–Trinajstić information content (AvgIpc) is 2.91. The Hall–Kier alpha value is -2.08. The molecule has 0 heteroatoms. The molecule has 2 aromatic carbocycles. The van der Waals surface area contributed by atoms with Crippen LogP contribution in [-0.4, -0.2) is 0 Å². The van der Waals surface area contributed by atoms with Gasteiger partial charge in [0, 0.05) is 0 Å². The van der Waals surface area contributed by atoms with E-state index in [-0.39, 0.29) is 0 Å². The van der Waals surface area contributed by atoms with Crippen LogP contribution < -0.4 is 0 Å². The minimum absolute atomic E-state index is 0.635. The van der Waals surface area contributed by atoms with Gasteiger partial charge < -0.3 is 0 Å². The highest BCUT2D eigenvalue weighted by Crippen LogP contribution is 2.48. The monoisotopic (exact) mass is 288 g/mol. The minimum Gasteiger partial charge on any atom is -0.103 e. The number of hydrogen-bond donors (Lipinski definition) is 0. The highest BCUT2D eigenvalue weighted by atomic mass is 14.4. The van der Waals surface area contributed by atoms with E-state index in [1.807, 2.05) is 0 Å². The van der Waals surface area contributed by atoms with Crippen molar-refractivity contribution in [1.29, 1.82) is 0 Å². The molecule has 1 aliphatic rings. The Bertz CT molecular complexity index is 649. The van der Waals surface area contributed by atoms with Crippen molar-refractivity contribution in [3.8, 4) is 0 Å². The van der Waals surface area contributed by atoms with Crippen molar-refractivity contribution in [2.75, 3.05) is 0 Å². The van der Waals surface area contributed by atoms with Crippen LogP contribution in [0.3, 0.4) is 0 Å². The third-order valence-corrected chi connectivity index (χ3v) is 4.80. The normalized spacial score (nSPS) is 21.1. The van der Waals surface area contributed by atoms with Gasteiger partial charge in [0.2, 0.25) is 0 Å². The first-order valence-corrected chi connectivity index (χ1v) is 8.26. The molecule has 0 N–H and O–H groups in total. The Kier molecular flexibility index (Phi) is 4.58. The smallest absolute Gasteiger partial charge is 0.0121 e. The summed E-state index contributed by atoms with van der Waals surface area (Å²) in [6.45, 7) is 6.30. The molecule has 0 saturated heterocycles. The van der Waals surface area contributed by atoms with Gasteiger partial charge in [-0.15, -0.1) is 6.58 Å². The Morgan fingerprint density at radius 3 is 2.14 bits per heavy atom. The molecule has 0 aliphatic heterocycles. The molecule has 0 radical (unpaired) electrons. The van der Waals surface area contributed by atoms with Gasteiger partial charge in [0.1, 0.15) is 0 Å². The van der Waals surface area contributed by atoms with Crippen molar-refractivity contribution in [2.24, 2.45) is 11.8 Å². The number of hydrogen-bond acceptors (Lipinski definition) is 0. The van der Waals surface area contributed by atoms with Gasteiger partial charge in [0.15, 0.2) is 0 Å². The van der Waals surface area contributed by atoms with Crippen molar-refractivity contribution in [3.05, 3.63) is 84.4 Å². The zero-order valence-corrected chi connectivity index (χ0v) is 13.3. The molecule has 2 atom stereocenters. The lowest BCUT2D eigenvalue weighted by atomic mass is 9.85. The fraction of sp³-hybridized carbons (Fsp3) is 0.273. The predicted octanol–water partition coefficient (Wildman–Crippen LogP) is 6.22. The molecule has 1 aliphatic carbocycles. The third kappa shape index (κ3) is 2.92. The zero-order chi connectivity index (χ0) is 15.4. The average molecular weight is 288 g/mol. The quantitative estimate of drug-likeness (QED) is 0.573. The number of benzene rings is 2. The molecule has 0 amide bonds. The second kappa shape index (κ2) is 6.79. The van der Waals surface area contributed by atoms with Gasteiger partial charge in [0.05, 0.1) is 0 Å². The van der Waals surface area contributed by atoms with E-state index in [4.69, 9.17) is 0 Å². The second-order valence-corrected chi connectivity index (χ2v) is 6.28. The highest BCUT2D eigenvalue weighted by molar-refractivity contribution is 5.94. The van der Waals surface area contributed by atoms with Crippen LogP contribution in [0.15, 0.2) is 73.3 Å². The molecule has 0 spiro atoms. The molecule has 2 aromatic rings. The molecule has 0 heterocycles. The van der Waals surface area contributed by atoms with E-state index in [1.165, 1.54) is 29.5 Å². The Balaban J connectivity index is 2.09. The summed E-state index contributed by atoms with van der Waals surface area (Å²) in [5, 5.41) is 0. The van der Waals surface area contributed by atoms with Gasteiger partial charge >= 0.3 is 0 Å². The van der Waals surface area contributed by atoms with Crippen molar-refractivity contribution < 1.29 is 0 Å². The van der Waals surface area contributed by atoms with Gasteiger partial charge in [-0.25, -0.2) is 0 Å². The lowest BCUT2D eigenvalue weighted by molar-refractivity contribution is 0.449. The first kappa shape index (κ1) is 14.8. The SMILES string of the molecule is C=CCC[C@H]1C(c2ccccc2)=C(c2ccccc2)C[C@H]1C. The molecule has 0 bridgehead atoms. The molecule has 0 unspecified atom stereocenters. The Labute approximate surface area is 134 Å². The van der Waals surface area contributed by atoms with Crippen LogP contribution in [0.4, 0.5) is 0 Å². The van der Waals surface area contributed by atoms with Crippen LogP contribution in [0.1, 0.15) is 37.3 Å².